The van der Waals surface area contributed by atoms with E-state index in [4.69, 9.17) is 19.9 Å². The molecule has 0 spiro atoms. The van der Waals surface area contributed by atoms with Crippen molar-refractivity contribution in [2.75, 3.05) is 44.5 Å². The Bertz CT molecular complexity index is 630. The molecule has 0 aliphatic carbocycles. The highest BCUT2D eigenvalue weighted by atomic mass is 32.1. The second-order valence-corrected chi connectivity index (χ2v) is 5.67. The van der Waals surface area contributed by atoms with Gasteiger partial charge in [0.25, 0.3) is 0 Å². The van der Waals surface area contributed by atoms with E-state index in [1.165, 1.54) is 0 Å². The quantitative estimate of drug-likeness (QED) is 0.366. The van der Waals surface area contributed by atoms with Gasteiger partial charge in [0.2, 0.25) is 5.88 Å². The van der Waals surface area contributed by atoms with E-state index in [-0.39, 0.29) is 0 Å². The molecule has 0 amide bonds. The molecule has 1 aromatic carbocycles. The molecule has 0 fully saturated rings. The number of anilines is 1. The SMILES string of the molecule is Nc1ccc(/C=C/c2ccc(OCCOCCOCCS)nc2)cc1. The van der Waals surface area contributed by atoms with Gasteiger partial charge in [-0.25, -0.2) is 4.98 Å². The van der Waals surface area contributed by atoms with Gasteiger partial charge in [0, 0.05) is 23.7 Å². The second kappa shape index (κ2) is 11.5. The summed E-state index contributed by atoms with van der Waals surface area (Å²) in [6.45, 7) is 2.74. The van der Waals surface area contributed by atoms with Crippen molar-refractivity contribution in [1.82, 2.24) is 4.98 Å². The average molecular weight is 360 g/mol. The van der Waals surface area contributed by atoms with Crippen molar-refractivity contribution in [2.45, 2.75) is 0 Å². The Kier molecular flexibility index (Phi) is 8.90. The van der Waals surface area contributed by atoms with Crippen molar-refractivity contribution in [2.24, 2.45) is 0 Å². The van der Waals surface area contributed by atoms with Crippen LogP contribution >= 0.6 is 12.6 Å². The number of thiol groups is 1. The predicted octanol–water partition coefficient (Wildman–Crippen LogP) is 3.18. The molecule has 0 aliphatic rings. The molecule has 0 unspecified atom stereocenters. The molecule has 0 bridgehead atoms. The first-order chi connectivity index (χ1) is 12.3. The molecule has 6 heteroatoms. The lowest BCUT2D eigenvalue weighted by Crippen LogP contribution is -2.11. The first-order valence-corrected chi connectivity index (χ1v) is 8.80. The molecule has 134 valence electrons. The Labute approximate surface area is 154 Å². The summed E-state index contributed by atoms with van der Waals surface area (Å²) in [4.78, 5) is 4.28. The molecule has 1 aromatic heterocycles. The fourth-order valence-corrected chi connectivity index (χ4v) is 2.10. The summed E-state index contributed by atoms with van der Waals surface area (Å²) in [5.74, 6) is 1.31. The van der Waals surface area contributed by atoms with Gasteiger partial charge in [0.1, 0.15) is 6.61 Å². The standard InChI is InChI=1S/C19H24N2O3S/c20-18-6-3-16(4-7-18)1-2-17-5-8-19(21-15-17)24-12-11-22-9-10-23-13-14-25/h1-8,15,25H,9-14,20H2/b2-1+. The molecule has 0 atom stereocenters. The van der Waals surface area contributed by atoms with E-state index in [0.717, 1.165) is 22.6 Å². The lowest BCUT2D eigenvalue weighted by Gasteiger charge is -2.07. The second-order valence-electron chi connectivity index (χ2n) is 5.23. The number of ether oxygens (including phenoxy) is 3. The van der Waals surface area contributed by atoms with Crippen LogP contribution in [0.3, 0.4) is 0 Å². The first-order valence-electron chi connectivity index (χ1n) is 8.17. The molecular formula is C19H24N2O3S. The normalized spacial score (nSPS) is 11.1. The maximum Gasteiger partial charge on any atom is 0.213 e. The minimum atomic E-state index is 0.459. The zero-order valence-electron chi connectivity index (χ0n) is 14.1. The Balaban J connectivity index is 1.66. The van der Waals surface area contributed by atoms with Crippen molar-refractivity contribution in [3.8, 4) is 5.88 Å². The molecule has 0 radical (unpaired) electrons. The number of nitrogen functional groups attached to an aromatic ring is 1. The molecular weight excluding hydrogens is 336 g/mol. The van der Waals surface area contributed by atoms with Crippen molar-refractivity contribution in [1.29, 1.82) is 0 Å². The molecule has 5 nitrogen and oxygen atoms in total. The minimum Gasteiger partial charge on any atom is -0.475 e. The van der Waals surface area contributed by atoms with Gasteiger partial charge in [-0.15, -0.1) is 0 Å². The first kappa shape index (κ1) is 19.3. The molecule has 2 rings (SSSR count). The Morgan fingerprint density at radius 2 is 1.48 bits per heavy atom. The number of benzene rings is 1. The van der Waals surface area contributed by atoms with Gasteiger partial charge in [-0.1, -0.05) is 24.3 Å². The Morgan fingerprint density at radius 1 is 0.840 bits per heavy atom. The van der Waals surface area contributed by atoms with Gasteiger partial charge in [0.05, 0.1) is 26.4 Å². The van der Waals surface area contributed by atoms with Crippen LogP contribution in [0.2, 0.25) is 0 Å². The summed E-state index contributed by atoms with van der Waals surface area (Å²) in [5.41, 5.74) is 8.52. The summed E-state index contributed by atoms with van der Waals surface area (Å²) in [7, 11) is 0. The largest absolute Gasteiger partial charge is 0.475 e. The molecule has 2 N–H and O–H groups in total. The Hall–Kier alpha value is -2.02. The van der Waals surface area contributed by atoms with Crippen molar-refractivity contribution in [3.05, 3.63) is 53.7 Å². The maximum absolute atomic E-state index is 5.67. The summed E-state index contributed by atoms with van der Waals surface area (Å²) in [6, 6.07) is 11.5. The van der Waals surface area contributed by atoms with Gasteiger partial charge in [-0.2, -0.15) is 12.6 Å². The van der Waals surface area contributed by atoms with Gasteiger partial charge >= 0.3 is 0 Å². The van der Waals surface area contributed by atoms with E-state index < -0.39 is 0 Å². The van der Waals surface area contributed by atoms with Gasteiger partial charge in [-0.05, 0) is 29.3 Å². The van der Waals surface area contributed by atoms with Crippen LogP contribution in [0.4, 0.5) is 5.69 Å². The summed E-state index contributed by atoms with van der Waals surface area (Å²) >= 11 is 4.06. The molecule has 0 aliphatic heterocycles. The third-order valence-electron chi connectivity index (χ3n) is 3.25. The van der Waals surface area contributed by atoms with Crippen LogP contribution in [-0.2, 0) is 9.47 Å². The highest BCUT2D eigenvalue weighted by Gasteiger charge is 1.96. The lowest BCUT2D eigenvalue weighted by atomic mass is 10.1. The van der Waals surface area contributed by atoms with Crippen LogP contribution in [0.15, 0.2) is 42.6 Å². The van der Waals surface area contributed by atoms with E-state index in [0.29, 0.717) is 38.9 Å². The molecule has 0 saturated carbocycles. The minimum absolute atomic E-state index is 0.459. The number of nitrogens with zero attached hydrogens (tertiary/aromatic N) is 1. The van der Waals surface area contributed by atoms with E-state index in [2.05, 4.69) is 17.6 Å². The zero-order valence-corrected chi connectivity index (χ0v) is 15.0. The van der Waals surface area contributed by atoms with Gasteiger partial charge < -0.3 is 19.9 Å². The summed E-state index contributed by atoms with van der Waals surface area (Å²) < 4.78 is 16.2. The fraction of sp³-hybridized carbons (Fsp3) is 0.316. The van der Waals surface area contributed by atoms with Crippen LogP contribution in [0.25, 0.3) is 12.2 Å². The van der Waals surface area contributed by atoms with Crippen LogP contribution in [0.5, 0.6) is 5.88 Å². The lowest BCUT2D eigenvalue weighted by molar-refractivity contribution is 0.0407. The van der Waals surface area contributed by atoms with Crippen LogP contribution in [0, 0.1) is 0 Å². The number of pyridine rings is 1. The number of hydrogen-bond acceptors (Lipinski definition) is 6. The van der Waals surface area contributed by atoms with Crippen molar-refractivity contribution in [3.63, 3.8) is 0 Å². The molecule has 0 saturated heterocycles. The molecule has 1 heterocycles. The van der Waals surface area contributed by atoms with Crippen LogP contribution in [-0.4, -0.2) is 43.8 Å². The molecule has 2 aromatic rings. The number of nitrogens with two attached hydrogens (primary N) is 1. The third kappa shape index (κ3) is 8.07. The number of rotatable bonds is 11. The number of aromatic nitrogens is 1. The Morgan fingerprint density at radius 3 is 2.16 bits per heavy atom. The third-order valence-corrected chi connectivity index (χ3v) is 3.43. The molecule has 25 heavy (non-hydrogen) atoms. The van der Waals surface area contributed by atoms with Crippen molar-refractivity contribution < 1.29 is 14.2 Å². The van der Waals surface area contributed by atoms with Crippen LogP contribution in [0.1, 0.15) is 11.1 Å². The highest BCUT2D eigenvalue weighted by Crippen LogP contribution is 2.12. The van der Waals surface area contributed by atoms with E-state index >= 15 is 0 Å². The zero-order chi connectivity index (χ0) is 17.7. The highest BCUT2D eigenvalue weighted by molar-refractivity contribution is 7.80. The van der Waals surface area contributed by atoms with Gasteiger partial charge in [0.15, 0.2) is 0 Å². The summed E-state index contributed by atoms with van der Waals surface area (Å²) in [5, 5.41) is 0. The number of hydrogen-bond donors (Lipinski definition) is 2. The van der Waals surface area contributed by atoms with Gasteiger partial charge in [-0.3, -0.25) is 0 Å². The average Bonchev–Trinajstić information content (AvgIpc) is 2.64. The fourth-order valence-electron chi connectivity index (χ4n) is 1.97. The topological polar surface area (TPSA) is 66.6 Å². The van der Waals surface area contributed by atoms with E-state index in [9.17, 15) is 0 Å². The summed E-state index contributed by atoms with van der Waals surface area (Å²) in [6.07, 6.45) is 5.78. The van der Waals surface area contributed by atoms with Crippen molar-refractivity contribution >= 4 is 30.5 Å². The van der Waals surface area contributed by atoms with Crippen LogP contribution < -0.4 is 10.5 Å². The smallest absolute Gasteiger partial charge is 0.213 e. The van der Waals surface area contributed by atoms with E-state index in [1.54, 1.807) is 6.20 Å². The predicted molar refractivity (Wildman–Crippen MR) is 105 cm³/mol. The monoisotopic (exact) mass is 360 g/mol. The maximum atomic E-state index is 5.67. The van der Waals surface area contributed by atoms with E-state index in [1.807, 2.05) is 48.6 Å².